The Kier molecular flexibility index (Phi) is 3.96. The first-order valence-electron chi connectivity index (χ1n) is 8.34. The summed E-state index contributed by atoms with van der Waals surface area (Å²) >= 11 is 0. The van der Waals surface area contributed by atoms with Crippen LogP contribution in [-0.4, -0.2) is 37.4 Å². The maximum absolute atomic E-state index is 10.9. The second-order valence-corrected chi connectivity index (χ2v) is 6.60. The van der Waals surface area contributed by atoms with Crippen LogP contribution >= 0.6 is 0 Å². The zero-order valence-corrected chi connectivity index (χ0v) is 13.9. The summed E-state index contributed by atoms with van der Waals surface area (Å²) in [4.78, 5) is 21.3. The lowest BCUT2D eigenvalue weighted by molar-refractivity contribution is -0.384. The molecule has 3 aromatic rings. The number of imidazole rings is 1. The van der Waals surface area contributed by atoms with Crippen LogP contribution < -0.4 is 0 Å². The van der Waals surface area contributed by atoms with Gasteiger partial charge in [-0.3, -0.25) is 15.0 Å². The van der Waals surface area contributed by atoms with Gasteiger partial charge in [-0.15, -0.1) is 0 Å². The molecule has 0 unspecified atom stereocenters. The minimum atomic E-state index is -0.421. The van der Waals surface area contributed by atoms with Gasteiger partial charge in [0.2, 0.25) is 5.89 Å². The Morgan fingerprint density at radius 1 is 1.44 bits per heavy atom. The van der Waals surface area contributed by atoms with Gasteiger partial charge < -0.3 is 8.98 Å². The van der Waals surface area contributed by atoms with Crippen LogP contribution in [0.1, 0.15) is 25.3 Å². The van der Waals surface area contributed by atoms with Crippen LogP contribution in [0.5, 0.6) is 0 Å². The number of likely N-dealkylation sites (tertiary alicyclic amines) is 1. The van der Waals surface area contributed by atoms with Crippen LogP contribution in [-0.2, 0) is 6.54 Å². The topological polar surface area (TPSA) is 90.2 Å². The summed E-state index contributed by atoms with van der Waals surface area (Å²) in [5.41, 5.74) is 1.14. The van der Waals surface area contributed by atoms with E-state index in [1.165, 1.54) is 12.1 Å². The highest BCUT2D eigenvalue weighted by atomic mass is 16.6. The molecular formula is C17H19N5O3. The third-order valence-electron chi connectivity index (χ3n) is 4.90. The number of oxazole rings is 1. The highest BCUT2D eigenvalue weighted by Gasteiger charge is 2.28. The zero-order valence-electron chi connectivity index (χ0n) is 13.9. The van der Waals surface area contributed by atoms with E-state index in [-0.39, 0.29) is 5.69 Å². The molecule has 25 heavy (non-hydrogen) atoms. The van der Waals surface area contributed by atoms with Crippen molar-refractivity contribution in [2.45, 2.75) is 25.9 Å². The summed E-state index contributed by atoms with van der Waals surface area (Å²) in [5, 5.41) is 10.9. The average Bonchev–Trinajstić information content (AvgIpc) is 3.24. The second-order valence-electron chi connectivity index (χ2n) is 6.60. The van der Waals surface area contributed by atoms with Crippen molar-refractivity contribution >= 4 is 16.8 Å². The maximum atomic E-state index is 10.9. The minimum absolute atomic E-state index is 0.0271. The predicted molar refractivity (Wildman–Crippen MR) is 91.0 cm³/mol. The van der Waals surface area contributed by atoms with Gasteiger partial charge in [-0.1, -0.05) is 6.92 Å². The molecule has 8 nitrogen and oxygen atoms in total. The van der Waals surface area contributed by atoms with Gasteiger partial charge in [0.1, 0.15) is 5.52 Å². The summed E-state index contributed by atoms with van der Waals surface area (Å²) < 4.78 is 7.92. The highest BCUT2D eigenvalue weighted by Crippen LogP contribution is 2.29. The molecule has 1 aromatic carbocycles. The number of hydrogen-bond donors (Lipinski definition) is 0. The van der Waals surface area contributed by atoms with Crippen LogP contribution in [0, 0.1) is 16.0 Å². The summed E-state index contributed by atoms with van der Waals surface area (Å²) in [6, 6.07) is 4.88. The molecule has 0 spiro atoms. The molecule has 0 saturated carbocycles. The number of aromatic nitrogens is 3. The Labute approximate surface area is 144 Å². The number of hydrogen-bond acceptors (Lipinski definition) is 6. The van der Waals surface area contributed by atoms with Crippen LogP contribution in [0.25, 0.3) is 11.1 Å². The van der Waals surface area contributed by atoms with Gasteiger partial charge >= 0.3 is 0 Å². The smallest absolute Gasteiger partial charge is 0.271 e. The number of piperidine rings is 1. The Bertz CT molecular complexity index is 889. The maximum Gasteiger partial charge on any atom is 0.271 e. The second kappa shape index (κ2) is 6.29. The molecule has 1 saturated heterocycles. The molecule has 0 bridgehead atoms. The molecule has 0 amide bonds. The third-order valence-corrected chi connectivity index (χ3v) is 4.90. The fourth-order valence-corrected chi connectivity index (χ4v) is 3.45. The Hall–Kier alpha value is -2.74. The van der Waals surface area contributed by atoms with Crippen LogP contribution in [0.3, 0.4) is 0 Å². The van der Waals surface area contributed by atoms with Crippen LogP contribution in [0.4, 0.5) is 5.69 Å². The van der Waals surface area contributed by atoms with E-state index in [1.54, 1.807) is 12.3 Å². The Morgan fingerprint density at radius 3 is 3.08 bits per heavy atom. The van der Waals surface area contributed by atoms with E-state index in [4.69, 9.17) is 4.42 Å². The molecule has 0 aliphatic carbocycles. The largest absolute Gasteiger partial charge is 0.439 e. The van der Waals surface area contributed by atoms with Gasteiger partial charge in [-0.25, -0.2) is 9.97 Å². The fraction of sp³-hybridized carbons (Fsp3) is 0.412. The first kappa shape index (κ1) is 15.8. The average molecular weight is 341 g/mol. The quantitative estimate of drug-likeness (QED) is 0.535. The summed E-state index contributed by atoms with van der Waals surface area (Å²) in [7, 11) is 0. The van der Waals surface area contributed by atoms with Crippen molar-refractivity contribution in [2.75, 3.05) is 13.1 Å². The minimum Gasteiger partial charge on any atom is -0.439 e. The molecule has 8 heteroatoms. The van der Waals surface area contributed by atoms with Gasteiger partial charge in [0.05, 0.1) is 17.8 Å². The van der Waals surface area contributed by atoms with Crippen molar-refractivity contribution in [1.29, 1.82) is 0 Å². The van der Waals surface area contributed by atoms with E-state index in [0.29, 0.717) is 35.5 Å². The molecule has 0 radical (unpaired) electrons. The lowest BCUT2D eigenvalue weighted by Gasteiger charge is -2.37. The number of nitrogens with zero attached hydrogens (tertiary/aromatic N) is 5. The Balaban J connectivity index is 1.51. The molecule has 3 heterocycles. The van der Waals surface area contributed by atoms with Gasteiger partial charge in [-0.2, -0.15) is 0 Å². The molecule has 1 aliphatic heterocycles. The van der Waals surface area contributed by atoms with Crippen molar-refractivity contribution < 1.29 is 9.34 Å². The third kappa shape index (κ3) is 3.12. The van der Waals surface area contributed by atoms with Crippen molar-refractivity contribution in [2.24, 2.45) is 5.92 Å². The van der Waals surface area contributed by atoms with E-state index in [0.717, 1.165) is 19.5 Å². The summed E-state index contributed by atoms with van der Waals surface area (Å²) in [6.45, 7) is 4.74. The van der Waals surface area contributed by atoms with Gasteiger partial charge in [0.25, 0.3) is 5.69 Å². The summed E-state index contributed by atoms with van der Waals surface area (Å²) in [5.74, 6) is 1.17. The first-order valence-corrected chi connectivity index (χ1v) is 8.34. The van der Waals surface area contributed by atoms with Crippen molar-refractivity contribution in [3.8, 4) is 0 Å². The SMILES string of the molecule is C[C@@H]1CCN(Cc2nc3cc([N+](=O)[O-])ccc3o2)C[C@H]1n1ccnc1. The van der Waals surface area contributed by atoms with Crippen molar-refractivity contribution in [1.82, 2.24) is 19.4 Å². The number of nitro benzene ring substituents is 1. The van der Waals surface area contributed by atoms with Crippen molar-refractivity contribution in [3.05, 3.63) is 52.9 Å². The van der Waals surface area contributed by atoms with Crippen LogP contribution in [0.2, 0.25) is 0 Å². The first-order chi connectivity index (χ1) is 12.1. The molecule has 2 aromatic heterocycles. The van der Waals surface area contributed by atoms with E-state index in [2.05, 4.69) is 26.4 Å². The summed E-state index contributed by atoms with van der Waals surface area (Å²) in [6.07, 6.45) is 6.76. The molecule has 130 valence electrons. The zero-order chi connectivity index (χ0) is 17.4. The van der Waals surface area contributed by atoms with E-state index in [1.807, 2.05) is 12.5 Å². The number of fused-ring (bicyclic) bond motifs is 1. The molecule has 0 N–H and O–H groups in total. The number of non-ortho nitro benzene ring substituents is 1. The molecule has 1 fully saturated rings. The lowest BCUT2D eigenvalue weighted by Crippen LogP contribution is -2.40. The number of rotatable bonds is 4. The van der Waals surface area contributed by atoms with Crippen molar-refractivity contribution in [3.63, 3.8) is 0 Å². The predicted octanol–water partition coefficient (Wildman–Crippen LogP) is 3.02. The monoisotopic (exact) mass is 341 g/mol. The molecular weight excluding hydrogens is 322 g/mol. The van der Waals surface area contributed by atoms with Gasteiger partial charge in [0.15, 0.2) is 5.58 Å². The molecule has 1 aliphatic rings. The van der Waals surface area contributed by atoms with E-state index < -0.39 is 4.92 Å². The van der Waals surface area contributed by atoms with Gasteiger partial charge in [0, 0.05) is 37.1 Å². The highest BCUT2D eigenvalue weighted by molar-refractivity contribution is 5.75. The van der Waals surface area contributed by atoms with E-state index >= 15 is 0 Å². The number of nitro groups is 1. The standard InChI is InChI=1S/C17H19N5O3/c1-12-4-6-20(9-15(12)21-7-5-18-11-21)10-17-19-14-8-13(22(23)24)2-3-16(14)25-17/h2-3,5,7-8,11-12,15H,4,6,9-10H2,1H3/t12-,15-/m1/s1. The normalized spacial score (nSPS) is 21.6. The van der Waals surface area contributed by atoms with Crippen LogP contribution in [0.15, 0.2) is 41.3 Å². The number of benzene rings is 1. The Morgan fingerprint density at radius 2 is 2.32 bits per heavy atom. The van der Waals surface area contributed by atoms with Gasteiger partial charge in [-0.05, 0) is 24.9 Å². The molecule has 4 rings (SSSR count). The molecule has 2 atom stereocenters. The fourth-order valence-electron chi connectivity index (χ4n) is 3.45. The lowest BCUT2D eigenvalue weighted by atomic mass is 9.93. The van der Waals surface area contributed by atoms with E-state index in [9.17, 15) is 10.1 Å².